The summed E-state index contributed by atoms with van der Waals surface area (Å²) >= 11 is 0. The number of benzene rings is 1. The SMILES string of the molecule is COc1c(O)cc(C(C)C)cc1C1(CC(=O)O)CC1. The molecule has 4 nitrogen and oxygen atoms in total. The lowest BCUT2D eigenvalue weighted by molar-refractivity contribution is -0.137. The highest BCUT2D eigenvalue weighted by Crippen LogP contribution is 2.56. The molecule has 0 unspecified atom stereocenters. The van der Waals surface area contributed by atoms with E-state index in [0.29, 0.717) is 5.75 Å². The third-order valence-corrected chi connectivity index (χ3v) is 3.88. The highest BCUT2D eigenvalue weighted by Gasteiger charge is 2.48. The first-order valence-electron chi connectivity index (χ1n) is 6.53. The molecule has 0 saturated heterocycles. The van der Waals surface area contributed by atoms with E-state index >= 15 is 0 Å². The van der Waals surface area contributed by atoms with Gasteiger partial charge in [-0.05, 0) is 30.4 Å². The number of carbonyl (C=O) groups is 1. The van der Waals surface area contributed by atoms with Gasteiger partial charge in [-0.15, -0.1) is 0 Å². The lowest BCUT2D eigenvalue weighted by Crippen LogP contribution is -2.14. The van der Waals surface area contributed by atoms with Crippen molar-refractivity contribution in [1.29, 1.82) is 0 Å². The smallest absolute Gasteiger partial charge is 0.304 e. The second kappa shape index (κ2) is 4.76. The zero-order valence-corrected chi connectivity index (χ0v) is 11.6. The molecule has 0 spiro atoms. The van der Waals surface area contributed by atoms with Crippen molar-refractivity contribution < 1.29 is 19.7 Å². The molecule has 0 aliphatic heterocycles. The Bertz CT molecular complexity index is 501. The third kappa shape index (κ3) is 2.53. The molecule has 1 fully saturated rings. The Hall–Kier alpha value is -1.71. The molecule has 2 N–H and O–H groups in total. The van der Waals surface area contributed by atoms with Gasteiger partial charge in [-0.25, -0.2) is 0 Å². The molecule has 0 aromatic heterocycles. The summed E-state index contributed by atoms with van der Waals surface area (Å²) in [4.78, 5) is 11.0. The maximum atomic E-state index is 11.0. The average Bonchev–Trinajstić information content (AvgIpc) is 3.07. The van der Waals surface area contributed by atoms with Gasteiger partial charge in [0.2, 0.25) is 0 Å². The van der Waals surface area contributed by atoms with Crippen LogP contribution in [0.25, 0.3) is 0 Å². The molecule has 19 heavy (non-hydrogen) atoms. The Balaban J connectivity index is 2.51. The van der Waals surface area contributed by atoms with Crippen LogP contribution in [0.1, 0.15) is 50.2 Å². The first-order chi connectivity index (χ1) is 8.89. The third-order valence-electron chi connectivity index (χ3n) is 3.88. The summed E-state index contributed by atoms with van der Waals surface area (Å²) in [5, 5.41) is 19.1. The van der Waals surface area contributed by atoms with Crippen molar-refractivity contribution in [3.63, 3.8) is 0 Å². The van der Waals surface area contributed by atoms with E-state index in [2.05, 4.69) is 0 Å². The van der Waals surface area contributed by atoms with Gasteiger partial charge in [-0.3, -0.25) is 4.79 Å². The number of carboxylic acid groups (broad SMARTS) is 1. The van der Waals surface area contributed by atoms with Gasteiger partial charge in [0.05, 0.1) is 13.5 Å². The van der Waals surface area contributed by atoms with Gasteiger partial charge in [-0.2, -0.15) is 0 Å². The number of hydrogen-bond donors (Lipinski definition) is 2. The number of hydrogen-bond acceptors (Lipinski definition) is 3. The van der Waals surface area contributed by atoms with E-state index in [1.165, 1.54) is 7.11 Å². The first kappa shape index (κ1) is 13.7. The van der Waals surface area contributed by atoms with E-state index in [1.807, 2.05) is 19.9 Å². The second-order valence-electron chi connectivity index (χ2n) is 5.63. The molecule has 1 saturated carbocycles. The Morgan fingerprint density at radius 3 is 2.47 bits per heavy atom. The molecule has 0 bridgehead atoms. The lowest BCUT2D eigenvalue weighted by atomic mass is 9.88. The van der Waals surface area contributed by atoms with Crippen LogP contribution in [-0.2, 0) is 10.2 Å². The summed E-state index contributed by atoms with van der Waals surface area (Å²) in [6, 6.07) is 3.68. The molecule has 0 radical (unpaired) electrons. The molecule has 1 aromatic carbocycles. The molecule has 0 amide bonds. The van der Waals surface area contributed by atoms with Gasteiger partial charge >= 0.3 is 5.97 Å². The minimum absolute atomic E-state index is 0.0876. The van der Waals surface area contributed by atoms with Crippen molar-refractivity contribution in [1.82, 2.24) is 0 Å². The maximum Gasteiger partial charge on any atom is 0.304 e. The van der Waals surface area contributed by atoms with Crippen LogP contribution in [0.4, 0.5) is 0 Å². The van der Waals surface area contributed by atoms with Crippen LogP contribution in [0.3, 0.4) is 0 Å². The van der Waals surface area contributed by atoms with Crippen molar-refractivity contribution in [3.8, 4) is 11.5 Å². The topological polar surface area (TPSA) is 66.8 Å². The van der Waals surface area contributed by atoms with Crippen molar-refractivity contribution >= 4 is 5.97 Å². The monoisotopic (exact) mass is 264 g/mol. The van der Waals surface area contributed by atoms with Gasteiger partial charge in [0.15, 0.2) is 11.5 Å². The number of rotatable bonds is 5. The van der Waals surface area contributed by atoms with E-state index in [0.717, 1.165) is 24.0 Å². The minimum atomic E-state index is -0.811. The predicted octanol–water partition coefficient (Wildman–Crippen LogP) is 3.03. The highest BCUT2D eigenvalue weighted by atomic mass is 16.5. The van der Waals surface area contributed by atoms with Gasteiger partial charge in [0.1, 0.15) is 0 Å². The van der Waals surface area contributed by atoms with E-state index in [9.17, 15) is 9.90 Å². The van der Waals surface area contributed by atoms with Crippen molar-refractivity contribution in [3.05, 3.63) is 23.3 Å². The minimum Gasteiger partial charge on any atom is -0.504 e. The number of methoxy groups -OCH3 is 1. The van der Waals surface area contributed by atoms with E-state index < -0.39 is 5.97 Å². The van der Waals surface area contributed by atoms with E-state index in [-0.39, 0.29) is 23.5 Å². The average molecular weight is 264 g/mol. The number of phenolic OH excluding ortho intramolecular Hbond substituents is 1. The Morgan fingerprint density at radius 1 is 1.42 bits per heavy atom. The standard InChI is InChI=1S/C15H20O4/c1-9(2)10-6-11(14(19-3)12(16)7-10)15(4-5-15)8-13(17)18/h6-7,9,16H,4-5,8H2,1-3H3,(H,17,18). The zero-order valence-electron chi connectivity index (χ0n) is 11.6. The van der Waals surface area contributed by atoms with E-state index in [1.54, 1.807) is 6.07 Å². The Kier molecular flexibility index (Phi) is 3.43. The van der Waals surface area contributed by atoms with Gasteiger partial charge in [0, 0.05) is 11.0 Å². The van der Waals surface area contributed by atoms with Gasteiger partial charge in [-0.1, -0.05) is 19.9 Å². The molecule has 1 aromatic rings. The fourth-order valence-electron chi connectivity index (χ4n) is 2.56. The van der Waals surface area contributed by atoms with Crippen LogP contribution >= 0.6 is 0 Å². The van der Waals surface area contributed by atoms with Crippen LogP contribution in [0.5, 0.6) is 11.5 Å². The van der Waals surface area contributed by atoms with Crippen molar-refractivity contribution in [2.24, 2.45) is 0 Å². The van der Waals surface area contributed by atoms with Crippen LogP contribution < -0.4 is 4.74 Å². The summed E-state index contributed by atoms with van der Waals surface area (Å²) < 4.78 is 5.28. The second-order valence-corrected chi connectivity index (χ2v) is 5.63. The summed E-state index contributed by atoms with van der Waals surface area (Å²) in [6.07, 6.45) is 1.75. The number of carboxylic acids is 1. The Labute approximate surface area is 113 Å². The van der Waals surface area contributed by atoms with Gasteiger partial charge < -0.3 is 14.9 Å². The first-order valence-corrected chi connectivity index (χ1v) is 6.53. The van der Waals surface area contributed by atoms with Crippen LogP contribution in [0, 0.1) is 0 Å². The number of phenols is 1. The summed E-state index contributed by atoms with van der Waals surface area (Å²) in [5.41, 5.74) is 1.48. The van der Waals surface area contributed by atoms with Gasteiger partial charge in [0.25, 0.3) is 0 Å². The maximum absolute atomic E-state index is 11.0. The largest absolute Gasteiger partial charge is 0.504 e. The fourth-order valence-corrected chi connectivity index (χ4v) is 2.56. The number of aromatic hydroxyl groups is 1. The van der Waals surface area contributed by atoms with Crippen LogP contribution in [-0.4, -0.2) is 23.3 Å². The molecule has 0 heterocycles. The molecule has 2 rings (SSSR count). The van der Waals surface area contributed by atoms with Crippen LogP contribution in [0.2, 0.25) is 0 Å². The molecule has 104 valence electrons. The van der Waals surface area contributed by atoms with Crippen molar-refractivity contribution in [2.45, 2.75) is 44.4 Å². The Morgan fingerprint density at radius 2 is 2.05 bits per heavy atom. The number of ether oxygens (including phenoxy) is 1. The van der Waals surface area contributed by atoms with E-state index in [4.69, 9.17) is 9.84 Å². The predicted molar refractivity (Wildman–Crippen MR) is 71.9 cm³/mol. The number of aliphatic carboxylic acids is 1. The summed E-state index contributed by atoms with van der Waals surface area (Å²) in [7, 11) is 1.50. The molecular weight excluding hydrogens is 244 g/mol. The molecular formula is C15H20O4. The lowest BCUT2D eigenvalue weighted by Gasteiger charge is -2.20. The summed E-state index contributed by atoms with van der Waals surface area (Å²) in [6.45, 7) is 4.09. The molecule has 0 atom stereocenters. The fraction of sp³-hybridized carbons (Fsp3) is 0.533. The van der Waals surface area contributed by atoms with Crippen molar-refractivity contribution in [2.75, 3.05) is 7.11 Å². The molecule has 1 aliphatic rings. The summed E-state index contributed by atoms with van der Waals surface area (Å²) in [5.74, 6) is -0.0197. The highest BCUT2D eigenvalue weighted by molar-refractivity contribution is 5.71. The quantitative estimate of drug-likeness (QED) is 0.857. The van der Waals surface area contributed by atoms with Crippen LogP contribution in [0.15, 0.2) is 12.1 Å². The molecule has 4 heteroatoms. The molecule has 1 aliphatic carbocycles. The normalized spacial score (nSPS) is 16.4. The zero-order chi connectivity index (χ0) is 14.2.